The average molecular weight is 563 g/mol. The first-order valence-corrected chi connectivity index (χ1v) is 14.0. The van der Waals surface area contributed by atoms with Gasteiger partial charge in [-0.2, -0.15) is 5.26 Å². The number of aromatic nitrogens is 2. The van der Waals surface area contributed by atoms with Crippen molar-refractivity contribution < 1.29 is 14.3 Å². The van der Waals surface area contributed by atoms with E-state index in [4.69, 9.17) is 14.5 Å². The number of allylic oxidation sites excluding steroid dienone is 1. The molecule has 6 rings (SSSR count). The molecule has 5 aromatic rings. The van der Waals surface area contributed by atoms with Crippen molar-refractivity contribution in [3.8, 4) is 11.8 Å². The number of carbonyl (C=O) groups excluding carboxylic acids is 1. The Labute approximate surface area is 239 Å². The summed E-state index contributed by atoms with van der Waals surface area (Å²) in [4.78, 5) is 32.9. The van der Waals surface area contributed by atoms with Gasteiger partial charge in [0.25, 0.3) is 5.56 Å². The quantitative estimate of drug-likeness (QED) is 0.285. The van der Waals surface area contributed by atoms with Gasteiger partial charge in [-0.15, -0.1) is 0 Å². The lowest BCUT2D eigenvalue weighted by Gasteiger charge is -2.27. The Bertz CT molecular complexity index is 2110. The highest BCUT2D eigenvalue weighted by Gasteiger charge is 2.36. The summed E-state index contributed by atoms with van der Waals surface area (Å²) < 4.78 is 15.2. The predicted octanol–water partition coefficient (Wildman–Crippen LogP) is 4.44. The maximum atomic E-state index is 14.2. The Morgan fingerprint density at radius 1 is 1.12 bits per heavy atom. The molecule has 3 heterocycles. The van der Waals surface area contributed by atoms with Crippen LogP contribution in [0, 0.1) is 11.3 Å². The largest absolute Gasteiger partial charge is 0.496 e. The van der Waals surface area contributed by atoms with E-state index >= 15 is 0 Å². The number of nitrogens with zero attached hydrogens (tertiary/aromatic N) is 4. The highest BCUT2D eigenvalue weighted by atomic mass is 32.1. The van der Waals surface area contributed by atoms with E-state index in [0.29, 0.717) is 31.9 Å². The van der Waals surface area contributed by atoms with E-state index in [1.54, 1.807) is 25.5 Å². The van der Waals surface area contributed by atoms with Crippen LogP contribution in [-0.2, 0) is 16.1 Å². The number of rotatable bonds is 6. The molecule has 41 heavy (non-hydrogen) atoms. The molecule has 8 nitrogen and oxygen atoms in total. The Kier molecular flexibility index (Phi) is 6.77. The second-order valence-electron chi connectivity index (χ2n) is 9.59. The number of hydrogen-bond acceptors (Lipinski definition) is 7. The van der Waals surface area contributed by atoms with Crippen molar-refractivity contribution >= 4 is 45.1 Å². The van der Waals surface area contributed by atoms with E-state index in [1.807, 2.05) is 77.5 Å². The fourth-order valence-electron chi connectivity index (χ4n) is 5.54. The van der Waals surface area contributed by atoms with Crippen molar-refractivity contribution in [2.24, 2.45) is 4.99 Å². The number of thiazole rings is 1. The Hall–Kier alpha value is -4.94. The topological polar surface area (TPSA) is 98.6 Å². The smallest absolute Gasteiger partial charge is 0.338 e. The van der Waals surface area contributed by atoms with E-state index in [0.717, 1.165) is 27.2 Å². The zero-order valence-electron chi connectivity index (χ0n) is 22.7. The summed E-state index contributed by atoms with van der Waals surface area (Å²) in [6.45, 7) is 3.90. The molecule has 0 aliphatic carbocycles. The number of carbonyl (C=O) groups is 1. The second kappa shape index (κ2) is 10.6. The van der Waals surface area contributed by atoms with Gasteiger partial charge in [0.2, 0.25) is 0 Å². The fourth-order valence-corrected chi connectivity index (χ4v) is 6.58. The minimum atomic E-state index is -0.812. The van der Waals surface area contributed by atoms with Gasteiger partial charge in [-0.3, -0.25) is 9.36 Å². The van der Waals surface area contributed by atoms with Gasteiger partial charge in [-0.25, -0.2) is 9.79 Å². The average Bonchev–Trinajstić information content (AvgIpc) is 3.48. The van der Waals surface area contributed by atoms with Crippen LogP contribution in [0.3, 0.4) is 0 Å². The fraction of sp³-hybridized carbons (Fsp3) is 0.188. The molecule has 0 spiro atoms. The minimum Gasteiger partial charge on any atom is -0.496 e. The summed E-state index contributed by atoms with van der Waals surface area (Å²) in [7, 11) is 1.58. The number of methoxy groups -OCH3 is 1. The molecule has 1 aliphatic rings. The van der Waals surface area contributed by atoms with Gasteiger partial charge in [0.15, 0.2) is 4.80 Å². The van der Waals surface area contributed by atoms with E-state index in [9.17, 15) is 14.9 Å². The SMILES string of the molecule is CCOC(=O)C1=C(C)N=c2s/c(=C\c3cn(CC#N)c4ccccc34)c(=O)n2[C@H]1c1c(OC)ccc2ccccc12. The van der Waals surface area contributed by atoms with Crippen LogP contribution in [0.4, 0.5) is 0 Å². The van der Waals surface area contributed by atoms with Crippen LogP contribution in [0.15, 0.2) is 87.9 Å². The van der Waals surface area contributed by atoms with Crippen molar-refractivity contribution in [3.63, 3.8) is 0 Å². The Balaban J connectivity index is 1.66. The number of para-hydroxylation sites is 1. The van der Waals surface area contributed by atoms with Crippen LogP contribution in [0.5, 0.6) is 5.75 Å². The Morgan fingerprint density at radius 2 is 1.88 bits per heavy atom. The lowest BCUT2D eigenvalue weighted by atomic mass is 9.90. The van der Waals surface area contributed by atoms with Crippen LogP contribution in [-0.4, -0.2) is 28.8 Å². The number of benzene rings is 3. The first kappa shape index (κ1) is 26.3. The predicted molar refractivity (Wildman–Crippen MR) is 158 cm³/mol. The first-order valence-electron chi connectivity index (χ1n) is 13.2. The molecule has 0 unspecified atom stereocenters. The summed E-state index contributed by atoms with van der Waals surface area (Å²) in [6.07, 6.45) is 3.72. The normalized spacial score (nSPS) is 15.1. The monoisotopic (exact) mass is 562 g/mol. The first-order chi connectivity index (χ1) is 20.0. The number of ether oxygens (including phenoxy) is 2. The highest BCUT2D eigenvalue weighted by molar-refractivity contribution is 7.07. The molecule has 9 heteroatoms. The third-order valence-electron chi connectivity index (χ3n) is 7.29. The summed E-state index contributed by atoms with van der Waals surface area (Å²) in [5, 5.41) is 12.1. The van der Waals surface area contributed by atoms with Crippen molar-refractivity contribution in [1.29, 1.82) is 5.26 Å². The number of fused-ring (bicyclic) bond motifs is 3. The number of esters is 1. The van der Waals surface area contributed by atoms with E-state index < -0.39 is 12.0 Å². The van der Waals surface area contributed by atoms with Crippen LogP contribution in [0.25, 0.3) is 27.8 Å². The number of nitriles is 1. The van der Waals surface area contributed by atoms with Crippen LogP contribution in [0.2, 0.25) is 0 Å². The van der Waals surface area contributed by atoms with Crippen molar-refractivity contribution in [3.05, 3.63) is 109 Å². The molecule has 2 aromatic heterocycles. The second-order valence-corrected chi connectivity index (χ2v) is 10.6. The van der Waals surface area contributed by atoms with Gasteiger partial charge in [-0.05, 0) is 42.8 Å². The van der Waals surface area contributed by atoms with Crippen molar-refractivity contribution in [1.82, 2.24) is 9.13 Å². The minimum absolute atomic E-state index is 0.187. The van der Waals surface area contributed by atoms with Gasteiger partial charge in [0.1, 0.15) is 18.3 Å². The summed E-state index contributed by atoms with van der Waals surface area (Å²) in [5.41, 5.74) is 2.93. The molecule has 0 N–H and O–H groups in total. The maximum Gasteiger partial charge on any atom is 0.338 e. The van der Waals surface area contributed by atoms with E-state index in [1.165, 1.54) is 11.3 Å². The molecule has 0 saturated carbocycles. The number of hydrogen-bond donors (Lipinski definition) is 0. The molecule has 0 fully saturated rings. The molecular formula is C32H26N4O4S. The lowest BCUT2D eigenvalue weighted by Crippen LogP contribution is -2.40. The molecule has 1 aliphatic heterocycles. The molecule has 0 saturated heterocycles. The van der Waals surface area contributed by atoms with Gasteiger partial charge in [-0.1, -0.05) is 59.9 Å². The van der Waals surface area contributed by atoms with Crippen LogP contribution in [0.1, 0.15) is 31.0 Å². The van der Waals surface area contributed by atoms with Gasteiger partial charge in [0, 0.05) is 28.2 Å². The molecule has 0 bridgehead atoms. The zero-order chi connectivity index (χ0) is 28.7. The van der Waals surface area contributed by atoms with Crippen LogP contribution >= 0.6 is 11.3 Å². The molecule has 3 aromatic carbocycles. The van der Waals surface area contributed by atoms with Gasteiger partial charge < -0.3 is 14.0 Å². The molecule has 0 radical (unpaired) electrons. The van der Waals surface area contributed by atoms with Crippen molar-refractivity contribution in [2.75, 3.05) is 13.7 Å². The Morgan fingerprint density at radius 3 is 2.63 bits per heavy atom. The maximum absolute atomic E-state index is 14.2. The standard InChI is InChI=1S/C32H26N4O4S/c1-4-40-31(38)27-19(2)34-32-36(29(27)28-23-11-6-5-9-20(23)13-14-25(28)39-3)30(37)26(41-32)17-21-18-35(16-15-33)24-12-8-7-10-22(21)24/h5-14,17-18,29H,4,16H2,1-3H3/b26-17-/t29-/m1/s1. The van der Waals surface area contributed by atoms with Crippen LogP contribution < -0.4 is 19.6 Å². The van der Waals surface area contributed by atoms with Crippen molar-refractivity contribution in [2.45, 2.75) is 26.4 Å². The molecule has 204 valence electrons. The third-order valence-corrected chi connectivity index (χ3v) is 8.27. The molecule has 0 amide bonds. The summed E-state index contributed by atoms with van der Waals surface area (Å²) >= 11 is 1.26. The van der Waals surface area contributed by atoms with E-state index in [-0.39, 0.29) is 18.7 Å². The third kappa shape index (κ3) is 4.33. The van der Waals surface area contributed by atoms with Gasteiger partial charge in [0.05, 0.1) is 35.6 Å². The molecular weight excluding hydrogens is 536 g/mol. The zero-order valence-corrected chi connectivity index (χ0v) is 23.6. The van der Waals surface area contributed by atoms with Gasteiger partial charge >= 0.3 is 5.97 Å². The lowest BCUT2D eigenvalue weighted by molar-refractivity contribution is -0.139. The summed E-state index contributed by atoms with van der Waals surface area (Å²) in [5.74, 6) is 0.0296. The highest BCUT2D eigenvalue weighted by Crippen LogP contribution is 2.40. The van der Waals surface area contributed by atoms with E-state index in [2.05, 4.69) is 6.07 Å². The molecule has 1 atom stereocenters. The summed E-state index contributed by atoms with van der Waals surface area (Å²) in [6, 6.07) is 20.8.